The molecular formula is C14H19N3O. The van der Waals surface area contributed by atoms with Crippen LogP contribution in [0.2, 0.25) is 0 Å². The van der Waals surface area contributed by atoms with E-state index in [1.54, 1.807) is 13.3 Å². The van der Waals surface area contributed by atoms with Gasteiger partial charge in [0.2, 0.25) is 0 Å². The van der Waals surface area contributed by atoms with E-state index in [4.69, 9.17) is 4.74 Å². The second-order valence-electron chi connectivity index (χ2n) is 4.34. The summed E-state index contributed by atoms with van der Waals surface area (Å²) in [7, 11) is 3.64. The Labute approximate surface area is 107 Å². The highest BCUT2D eigenvalue weighted by Gasteiger charge is 2.15. The molecule has 1 unspecified atom stereocenters. The molecule has 4 nitrogen and oxygen atoms in total. The zero-order valence-corrected chi connectivity index (χ0v) is 11.0. The first-order valence-corrected chi connectivity index (χ1v) is 6.04. The number of aromatic amines is 1. The Kier molecular flexibility index (Phi) is 3.99. The third-order valence-corrected chi connectivity index (χ3v) is 3.06. The fourth-order valence-electron chi connectivity index (χ4n) is 2.09. The molecule has 1 aromatic heterocycles. The van der Waals surface area contributed by atoms with Gasteiger partial charge in [-0.3, -0.25) is 0 Å². The molecule has 0 bridgehead atoms. The van der Waals surface area contributed by atoms with E-state index in [0.717, 1.165) is 18.0 Å². The number of methoxy groups -OCH3 is 1. The molecule has 18 heavy (non-hydrogen) atoms. The maximum Gasteiger partial charge on any atom is 0.123 e. The quantitative estimate of drug-likeness (QED) is 0.849. The van der Waals surface area contributed by atoms with Crippen molar-refractivity contribution in [2.75, 3.05) is 14.2 Å². The average Bonchev–Trinajstić information content (AvgIpc) is 2.90. The third-order valence-electron chi connectivity index (χ3n) is 3.06. The number of H-pyrrole nitrogens is 1. The van der Waals surface area contributed by atoms with Gasteiger partial charge in [0.25, 0.3) is 0 Å². The summed E-state index contributed by atoms with van der Waals surface area (Å²) in [5.41, 5.74) is 2.42. The smallest absolute Gasteiger partial charge is 0.123 e. The number of nitrogens with one attached hydrogen (secondary N) is 2. The minimum Gasteiger partial charge on any atom is -0.496 e. The minimum atomic E-state index is 0.163. The van der Waals surface area contributed by atoms with Crippen LogP contribution in [0.5, 0.6) is 5.75 Å². The predicted octanol–water partition coefficient (Wildman–Crippen LogP) is 2.23. The second kappa shape index (κ2) is 5.69. The summed E-state index contributed by atoms with van der Waals surface area (Å²) in [4.78, 5) is 7.45. The Balaban J connectivity index is 2.24. The fourth-order valence-corrected chi connectivity index (χ4v) is 2.09. The van der Waals surface area contributed by atoms with Crippen LogP contribution in [-0.4, -0.2) is 24.1 Å². The highest BCUT2D eigenvalue weighted by Crippen LogP contribution is 2.24. The van der Waals surface area contributed by atoms with Crippen LogP contribution >= 0.6 is 0 Å². The average molecular weight is 245 g/mol. The van der Waals surface area contributed by atoms with Crippen molar-refractivity contribution in [2.45, 2.75) is 19.4 Å². The van der Waals surface area contributed by atoms with Crippen molar-refractivity contribution in [3.05, 3.63) is 47.5 Å². The lowest BCUT2D eigenvalue weighted by molar-refractivity contribution is 0.405. The number of benzene rings is 1. The molecule has 1 aromatic carbocycles. The number of hydrogen-bond donors (Lipinski definition) is 2. The number of aryl methyl sites for hydroxylation is 1. The van der Waals surface area contributed by atoms with E-state index in [0.29, 0.717) is 0 Å². The summed E-state index contributed by atoms with van der Waals surface area (Å²) < 4.78 is 5.40. The predicted molar refractivity (Wildman–Crippen MR) is 71.8 cm³/mol. The molecule has 96 valence electrons. The first-order chi connectivity index (χ1) is 8.74. The summed E-state index contributed by atoms with van der Waals surface area (Å²) in [6.45, 7) is 2.09. The standard InChI is InChI=1S/C14H19N3O/c1-10-4-5-13(18-3)11(8-10)9-12(15-2)14-16-6-7-17-14/h4-8,12,15H,9H2,1-3H3,(H,16,17). The number of likely N-dealkylation sites (N-methyl/N-ethyl adjacent to an activating group) is 1. The van der Waals surface area contributed by atoms with E-state index in [9.17, 15) is 0 Å². The van der Waals surface area contributed by atoms with Crippen molar-refractivity contribution in [2.24, 2.45) is 0 Å². The van der Waals surface area contributed by atoms with Crippen molar-refractivity contribution >= 4 is 0 Å². The van der Waals surface area contributed by atoms with E-state index >= 15 is 0 Å². The van der Waals surface area contributed by atoms with Crippen LogP contribution in [0.1, 0.15) is 23.0 Å². The zero-order chi connectivity index (χ0) is 13.0. The molecule has 0 fully saturated rings. The normalized spacial score (nSPS) is 12.4. The van der Waals surface area contributed by atoms with Crippen molar-refractivity contribution in [1.82, 2.24) is 15.3 Å². The van der Waals surface area contributed by atoms with Crippen LogP contribution in [0.3, 0.4) is 0 Å². The second-order valence-corrected chi connectivity index (χ2v) is 4.34. The largest absolute Gasteiger partial charge is 0.496 e. The van der Waals surface area contributed by atoms with Crippen molar-refractivity contribution in [1.29, 1.82) is 0 Å². The molecule has 0 spiro atoms. The Bertz CT molecular complexity index is 494. The van der Waals surface area contributed by atoms with Gasteiger partial charge in [-0.1, -0.05) is 17.7 Å². The Hall–Kier alpha value is -1.81. The number of imidazole rings is 1. The molecule has 0 aliphatic heterocycles. The number of rotatable bonds is 5. The van der Waals surface area contributed by atoms with Gasteiger partial charge in [0.05, 0.1) is 13.2 Å². The van der Waals surface area contributed by atoms with E-state index in [2.05, 4.69) is 34.3 Å². The topological polar surface area (TPSA) is 49.9 Å². The van der Waals surface area contributed by atoms with Crippen LogP contribution in [-0.2, 0) is 6.42 Å². The lowest BCUT2D eigenvalue weighted by Gasteiger charge is -2.16. The van der Waals surface area contributed by atoms with Gasteiger partial charge in [0, 0.05) is 12.4 Å². The lowest BCUT2D eigenvalue weighted by Crippen LogP contribution is -2.20. The summed E-state index contributed by atoms with van der Waals surface area (Å²) in [5, 5.41) is 3.27. The van der Waals surface area contributed by atoms with Gasteiger partial charge >= 0.3 is 0 Å². The molecule has 2 aromatic rings. The number of ether oxygens (including phenoxy) is 1. The molecule has 1 atom stereocenters. The molecular weight excluding hydrogens is 226 g/mol. The summed E-state index contributed by atoms with van der Waals surface area (Å²) in [6, 6.07) is 6.39. The van der Waals surface area contributed by atoms with Gasteiger partial charge in [0.1, 0.15) is 11.6 Å². The molecule has 4 heteroatoms. The van der Waals surface area contributed by atoms with Crippen molar-refractivity contribution in [3.8, 4) is 5.75 Å². The monoisotopic (exact) mass is 245 g/mol. The van der Waals surface area contributed by atoms with Crippen LogP contribution in [0, 0.1) is 6.92 Å². The molecule has 0 saturated heterocycles. The highest BCUT2D eigenvalue weighted by atomic mass is 16.5. The van der Waals surface area contributed by atoms with Gasteiger partial charge < -0.3 is 15.0 Å². The number of nitrogens with zero attached hydrogens (tertiary/aromatic N) is 1. The minimum absolute atomic E-state index is 0.163. The van der Waals surface area contributed by atoms with Crippen LogP contribution in [0.4, 0.5) is 0 Å². The van der Waals surface area contributed by atoms with E-state index in [1.165, 1.54) is 11.1 Å². The first-order valence-electron chi connectivity index (χ1n) is 6.04. The van der Waals surface area contributed by atoms with Gasteiger partial charge in [0.15, 0.2) is 0 Å². The fraction of sp³-hybridized carbons (Fsp3) is 0.357. The highest BCUT2D eigenvalue weighted by molar-refractivity contribution is 5.37. The van der Waals surface area contributed by atoms with E-state index < -0.39 is 0 Å². The summed E-state index contributed by atoms with van der Waals surface area (Å²) >= 11 is 0. The van der Waals surface area contributed by atoms with Crippen molar-refractivity contribution < 1.29 is 4.74 Å². The first kappa shape index (κ1) is 12.6. The van der Waals surface area contributed by atoms with Crippen LogP contribution < -0.4 is 10.1 Å². The molecule has 2 N–H and O–H groups in total. The van der Waals surface area contributed by atoms with Crippen LogP contribution in [0.25, 0.3) is 0 Å². The number of aromatic nitrogens is 2. The number of hydrogen-bond acceptors (Lipinski definition) is 3. The molecule has 0 aliphatic rings. The summed E-state index contributed by atoms with van der Waals surface area (Å²) in [6.07, 6.45) is 4.45. The van der Waals surface area contributed by atoms with Crippen molar-refractivity contribution in [3.63, 3.8) is 0 Å². The third kappa shape index (κ3) is 2.71. The maximum absolute atomic E-state index is 5.40. The molecule has 0 aliphatic carbocycles. The molecule has 0 saturated carbocycles. The van der Waals surface area contributed by atoms with Crippen LogP contribution in [0.15, 0.2) is 30.6 Å². The Morgan fingerprint density at radius 3 is 2.89 bits per heavy atom. The van der Waals surface area contributed by atoms with Gasteiger partial charge in [-0.2, -0.15) is 0 Å². The van der Waals surface area contributed by atoms with E-state index in [-0.39, 0.29) is 6.04 Å². The van der Waals surface area contributed by atoms with Gasteiger partial charge in [-0.05, 0) is 32.0 Å². The summed E-state index contributed by atoms with van der Waals surface area (Å²) in [5.74, 6) is 1.87. The van der Waals surface area contributed by atoms with Gasteiger partial charge in [-0.15, -0.1) is 0 Å². The Morgan fingerprint density at radius 1 is 1.44 bits per heavy atom. The zero-order valence-electron chi connectivity index (χ0n) is 11.0. The Morgan fingerprint density at radius 2 is 2.28 bits per heavy atom. The molecule has 2 rings (SSSR count). The van der Waals surface area contributed by atoms with E-state index in [1.807, 2.05) is 19.3 Å². The van der Waals surface area contributed by atoms with Gasteiger partial charge in [-0.25, -0.2) is 4.98 Å². The molecule has 0 radical (unpaired) electrons. The lowest BCUT2D eigenvalue weighted by atomic mass is 10.0. The molecule has 0 amide bonds. The SMILES string of the molecule is CNC(Cc1cc(C)ccc1OC)c1ncc[nH]1. The maximum atomic E-state index is 5.40. The molecule has 1 heterocycles.